The van der Waals surface area contributed by atoms with Crippen LogP contribution in [0.5, 0.6) is 0 Å². The van der Waals surface area contributed by atoms with Crippen molar-refractivity contribution < 1.29 is 9.53 Å². The number of carbonyl (C=O) groups excluding carboxylic acids is 1. The Morgan fingerprint density at radius 3 is 2.89 bits per heavy atom. The largest absolute Gasteiger partial charge is 0.459 e. The highest BCUT2D eigenvalue weighted by molar-refractivity contribution is 6.31. The second-order valence-corrected chi connectivity index (χ2v) is 5.47. The zero-order valence-corrected chi connectivity index (χ0v) is 11.2. The molecule has 0 aromatic heterocycles. The summed E-state index contributed by atoms with van der Waals surface area (Å²) in [4.78, 5) is 12.0. The fourth-order valence-electron chi connectivity index (χ4n) is 2.42. The molecule has 1 fully saturated rings. The third kappa shape index (κ3) is 3.16. The van der Waals surface area contributed by atoms with Gasteiger partial charge in [0, 0.05) is 10.7 Å². The summed E-state index contributed by atoms with van der Waals surface area (Å²) < 4.78 is 5.51. The summed E-state index contributed by atoms with van der Waals surface area (Å²) in [6, 6.07) is 4.84. The van der Waals surface area contributed by atoms with Gasteiger partial charge in [-0.05, 0) is 43.4 Å². The van der Waals surface area contributed by atoms with Gasteiger partial charge >= 0.3 is 5.97 Å². The highest BCUT2D eigenvalue weighted by atomic mass is 35.5. The van der Waals surface area contributed by atoms with Gasteiger partial charge in [0.25, 0.3) is 0 Å². The zero-order valence-electron chi connectivity index (χ0n) is 10.5. The molecule has 1 aliphatic rings. The summed E-state index contributed by atoms with van der Waals surface area (Å²) in [5.74, 6) is 0.280. The number of esters is 1. The Labute approximate surface area is 112 Å². The lowest BCUT2D eigenvalue weighted by atomic mass is 9.89. The van der Waals surface area contributed by atoms with Crippen molar-refractivity contribution in [1.29, 1.82) is 0 Å². The lowest BCUT2D eigenvalue weighted by Crippen LogP contribution is -2.24. The Morgan fingerprint density at radius 1 is 1.44 bits per heavy atom. The highest BCUT2D eigenvalue weighted by Crippen LogP contribution is 2.27. The molecule has 1 aromatic rings. The molecule has 2 N–H and O–H groups in total. The first kappa shape index (κ1) is 13.2. The summed E-state index contributed by atoms with van der Waals surface area (Å²) in [7, 11) is 0. The molecule has 0 aliphatic heterocycles. The van der Waals surface area contributed by atoms with Gasteiger partial charge in [0.15, 0.2) is 0 Å². The Kier molecular flexibility index (Phi) is 4.12. The van der Waals surface area contributed by atoms with Crippen LogP contribution in [0.3, 0.4) is 0 Å². The molecule has 1 aliphatic carbocycles. The molecule has 0 radical (unpaired) electrons. The number of nitrogen functional groups attached to an aromatic ring is 1. The molecule has 0 bridgehead atoms. The van der Waals surface area contributed by atoms with Gasteiger partial charge in [-0.2, -0.15) is 0 Å². The highest BCUT2D eigenvalue weighted by Gasteiger charge is 2.23. The van der Waals surface area contributed by atoms with Crippen LogP contribution in [-0.2, 0) is 4.74 Å². The molecule has 2 rings (SSSR count). The van der Waals surface area contributed by atoms with E-state index in [0.29, 0.717) is 22.2 Å². The standard InChI is InChI=1S/C14H18ClNO2/c1-9-3-2-4-11(7-9)18-14(17)12-6-5-10(15)8-13(12)16/h5-6,8-9,11H,2-4,7,16H2,1H3. The maximum Gasteiger partial charge on any atom is 0.340 e. The second-order valence-electron chi connectivity index (χ2n) is 5.03. The number of halogens is 1. The average Bonchev–Trinajstić information content (AvgIpc) is 2.28. The summed E-state index contributed by atoms with van der Waals surface area (Å²) in [6.07, 6.45) is 4.26. The van der Waals surface area contributed by atoms with Crippen molar-refractivity contribution in [3.05, 3.63) is 28.8 Å². The molecule has 0 heterocycles. The van der Waals surface area contributed by atoms with E-state index >= 15 is 0 Å². The number of rotatable bonds is 2. The van der Waals surface area contributed by atoms with Crippen LogP contribution in [0, 0.1) is 5.92 Å². The first-order valence-electron chi connectivity index (χ1n) is 6.32. The van der Waals surface area contributed by atoms with Gasteiger partial charge in [-0.3, -0.25) is 0 Å². The first-order valence-corrected chi connectivity index (χ1v) is 6.70. The number of hydrogen-bond acceptors (Lipinski definition) is 3. The maximum absolute atomic E-state index is 12.0. The van der Waals surface area contributed by atoms with Crippen molar-refractivity contribution in [3.8, 4) is 0 Å². The van der Waals surface area contributed by atoms with Gasteiger partial charge in [-0.1, -0.05) is 24.9 Å². The van der Waals surface area contributed by atoms with Crippen molar-refractivity contribution >= 4 is 23.3 Å². The molecule has 3 nitrogen and oxygen atoms in total. The quantitative estimate of drug-likeness (QED) is 0.657. The van der Waals surface area contributed by atoms with E-state index in [1.165, 1.54) is 6.42 Å². The smallest absolute Gasteiger partial charge is 0.340 e. The number of benzene rings is 1. The number of ether oxygens (including phenoxy) is 1. The Hall–Kier alpha value is -1.22. The van der Waals surface area contributed by atoms with Gasteiger partial charge < -0.3 is 10.5 Å². The van der Waals surface area contributed by atoms with Crippen molar-refractivity contribution in [3.63, 3.8) is 0 Å². The monoisotopic (exact) mass is 267 g/mol. The number of anilines is 1. The maximum atomic E-state index is 12.0. The van der Waals surface area contributed by atoms with Crippen LogP contribution in [0.4, 0.5) is 5.69 Å². The van der Waals surface area contributed by atoms with Crippen LogP contribution in [0.1, 0.15) is 43.0 Å². The van der Waals surface area contributed by atoms with Crippen LogP contribution in [0.25, 0.3) is 0 Å². The number of hydrogen-bond donors (Lipinski definition) is 1. The Balaban J connectivity index is 2.03. The summed E-state index contributed by atoms with van der Waals surface area (Å²) >= 11 is 5.80. The van der Waals surface area contributed by atoms with Crippen LogP contribution in [0.15, 0.2) is 18.2 Å². The second kappa shape index (κ2) is 5.61. The van der Waals surface area contributed by atoms with Crippen LogP contribution in [0.2, 0.25) is 5.02 Å². The van der Waals surface area contributed by atoms with Crippen molar-refractivity contribution in [1.82, 2.24) is 0 Å². The van der Waals surface area contributed by atoms with Crippen molar-refractivity contribution in [2.45, 2.75) is 38.7 Å². The fourth-order valence-corrected chi connectivity index (χ4v) is 2.60. The third-order valence-corrected chi connectivity index (χ3v) is 3.63. The summed E-state index contributed by atoms with van der Waals surface area (Å²) in [6.45, 7) is 2.19. The van der Waals surface area contributed by atoms with Gasteiger partial charge in [0.1, 0.15) is 6.10 Å². The molecule has 1 saturated carbocycles. The van der Waals surface area contributed by atoms with E-state index in [-0.39, 0.29) is 12.1 Å². The van der Waals surface area contributed by atoms with E-state index in [4.69, 9.17) is 22.1 Å². The van der Waals surface area contributed by atoms with Gasteiger partial charge in [-0.15, -0.1) is 0 Å². The Morgan fingerprint density at radius 2 is 2.22 bits per heavy atom. The predicted molar refractivity (Wildman–Crippen MR) is 72.7 cm³/mol. The average molecular weight is 268 g/mol. The molecule has 98 valence electrons. The summed E-state index contributed by atoms with van der Waals surface area (Å²) in [5.41, 5.74) is 6.54. The molecule has 18 heavy (non-hydrogen) atoms. The van der Waals surface area contributed by atoms with E-state index in [0.717, 1.165) is 19.3 Å². The van der Waals surface area contributed by atoms with E-state index in [9.17, 15) is 4.79 Å². The fraction of sp³-hybridized carbons (Fsp3) is 0.500. The minimum atomic E-state index is -0.344. The van der Waals surface area contributed by atoms with Gasteiger partial charge in [-0.25, -0.2) is 4.79 Å². The lowest BCUT2D eigenvalue weighted by molar-refractivity contribution is 0.0156. The summed E-state index contributed by atoms with van der Waals surface area (Å²) in [5, 5.41) is 0.523. The molecule has 4 heteroatoms. The zero-order chi connectivity index (χ0) is 13.1. The molecular formula is C14H18ClNO2. The molecule has 2 unspecified atom stereocenters. The van der Waals surface area contributed by atoms with Crippen LogP contribution < -0.4 is 5.73 Å². The molecule has 2 atom stereocenters. The topological polar surface area (TPSA) is 52.3 Å². The Bertz CT molecular complexity index is 447. The molecule has 0 saturated heterocycles. The number of carbonyl (C=O) groups is 1. The van der Waals surface area contributed by atoms with Crippen molar-refractivity contribution in [2.24, 2.45) is 5.92 Å². The van der Waals surface area contributed by atoms with Gasteiger partial charge in [0.05, 0.1) is 5.56 Å². The lowest BCUT2D eigenvalue weighted by Gasteiger charge is -2.26. The van der Waals surface area contributed by atoms with Crippen LogP contribution in [-0.4, -0.2) is 12.1 Å². The molecule has 0 amide bonds. The van der Waals surface area contributed by atoms with Crippen LogP contribution >= 0.6 is 11.6 Å². The normalized spacial score (nSPS) is 23.7. The van der Waals surface area contributed by atoms with E-state index in [2.05, 4.69) is 6.92 Å². The van der Waals surface area contributed by atoms with Crippen molar-refractivity contribution in [2.75, 3.05) is 5.73 Å². The van der Waals surface area contributed by atoms with Gasteiger partial charge in [0.2, 0.25) is 0 Å². The SMILES string of the molecule is CC1CCCC(OC(=O)c2ccc(Cl)cc2N)C1. The number of nitrogens with two attached hydrogens (primary N) is 1. The minimum absolute atomic E-state index is 0.0244. The predicted octanol–water partition coefficient (Wildman–Crippen LogP) is 3.66. The molecular weight excluding hydrogens is 250 g/mol. The third-order valence-electron chi connectivity index (χ3n) is 3.40. The molecule has 1 aromatic carbocycles. The van der Waals surface area contributed by atoms with E-state index in [1.807, 2.05) is 0 Å². The van der Waals surface area contributed by atoms with E-state index in [1.54, 1.807) is 18.2 Å². The molecule has 0 spiro atoms. The van der Waals surface area contributed by atoms with E-state index < -0.39 is 0 Å². The first-order chi connectivity index (χ1) is 8.56. The minimum Gasteiger partial charge on any atom is -0.459 e.